The van der Waals surface area contributed by atoms with Crippen molar-refractivity contribution in [2.45, 2.75) is 6.42 Å². The predicted octanol–water partition coefficient (Wildman–Crippen LogP) is -1.26. The Morgan fingerprint density at radius 1 is 1.19 bits per heavy atom. The topological polar surface area (TPSA) is 29.1 Å². The summed E-state index contributed by atoms with van der Waals surface area (Å²) in [5.41, 5.74) is 0.699. The average Bonchev–Trinajstić information content (AvgIpc) is 2.15. The van der Waals surface area contributed by atoms with Crippen LogP contribution >= 0.6 is 0 Å². The molecular weight excluding hydrogens is 245 g/mol. The summed E-state index contributed by atoms with van der Waals surface area (Å²) in [7, 11) is 0. The molecule has 1 rings (SSSR count). The van der Waals surface area contributed by atoms with E-state index < -0.39 is 19.3 Å². The number of benzene rings is 1. The van der Waals surface area contributed by atoms with Gasteiger partial charge in [0.25, 0.3) is 0 Å². The van der Waals surface area contributed by atoms with E-state index in [1.165, 1.54) is 0 Å². The molecule has 0 atom stereocenters. The molecule has 0 heterocycles. The van der Waals surface area contributed by atoms with Gasteiger partial charge < -0.3 is 18.3 Å². The van der Waals surface area contributed by atoms with Crippen LogP contribution in [-0.4, -0.2) is 19.3 Å². The van der Waals surface area contributed by atoms with Crippen molar-refractivity contribution in [1.82, 2.24) is 5.32 Å². The zero-order chi connectivity index (χ0) is 11.3. The molecule has 0 aliphatic rings. The molecule has 0 saturated carbocycles. The van der Waals surface area contributed by atoms with Crippen molar-refractivity contribution >= 4 is 12.9 Å². The van der Waals surface area contributed by atoms with Crippen LogP contribution in [-0.2, 0) is 11.2 Å². The molecule has 0 aliphatic heterocycles. The van der Waals surface area contributed by atoms with Crippen LogP contribution in [0.25, 0.3) is 0 Å². The van der Waals surface area contributed by atoms with Gasteiger partial charge in [0.05, 0.1) is 6.42 Å². The standard InChI is InChI=1S/C9H10BF3NO.K/c11-10(12,13)7-14-9(15)6-8-4-2-1-3-5-8;/h1-5H,6-7H2,(H,14,15);/q-1;+1. The van der Waals surface area contributed by atoms with Crippen LogP contribution in [0.1, 0.15) is 5.56 Å². The van der Waals surface area contributed by atoms with E-state index in [2.05, 4.69) is 0 Å². The van der Waals surface area contributed by atoms with Crippen molar-refractivity contribution in [3.8, 4) is 0 Å². The molecular formula is C9H10BF3KNO. The maximum absolute atomic E-state index is 11.8. The fourth-order valence-corrected chi connectivity index (χ4v) is 1.07. The van der Waals surface area contributed by atoms with Gasteiger partial charge in [-0.25, -0.2) is 0 Å². The van der Waals surface area contributed by atoms with Crippen molar-refractivity contribution in [2.24, 2.45) is 0 Å². The third-order valence-electron chi connectivity index (χ3n) is 1.74. The molecule has 0 saturated heterocycles. The van der Waals surface area contributed by atoms with Crippen LogP contribution < -0.4 is 56.7 Å². The van der Waals surface area contributed by atoms with Crippen LogP contribution in [0.15, 0.2) is 30.3 Å². The number of amides is 1. The summed E-state index contributed by atoms with van der Waals surface area (Å²) in [6.07, 6.45) is -1.24. The second-order valence-corrected chi connectivity index (χ2v) is 3.18. The van der Waals surface area contributed by atoms with E-state index >= 15 is 0 Å². The average molecular weight is 255 g/mol. The van der Waals surface area contributed by atoms with E-state index in [0.717, 1.165) is 0 Å². The van der Waals surface area contributed by atoms with Gasteiger partial charge in [-0.1, -0.05) is 30.3 Å². The van der Waals surface area contributed by atoms with Gasteiger partial charge in [0.1, 0.15) is 0 Å². The van der Waals surface area contributed by atoms with Crippen LogP contribution in [0.5, 0.6) is 0 Å². The third-order valence-corrected chi connectivity index (χ3v) is 1.74. The number of hydrogen-bond acceptors (Lipinski definition) is 1. The van der Waals surface area contributed by atoms with Crippen LogP contribution in [0.2, 0.25) is 0 Å². The first-order valence-electron chi connectivity index (χ1n) is 4.49. The summed E-state index contributed by atoms with van der Waals surface area (Å²) < 4.78 is 35.4. The molecule has 1 aromatic carbocycles. The van der Waals surface area contributed by atoms with Crippen molar-refractivity contribution in [2.75, 3.05) is 6.44 Å². The van der Waals surface area contributed by atoms with Gasteiger partial charge in [0.2, 0.25) is 5.91 Å². The van der Waals surface area contributed by atoms with Gasteiger partial charge in [-0.05, 0) is 12.0 Å². The molecule has 1 aromatic rings. The summed E-state index contributed by atoms with van der Waals surface area (Å²) in [5, 5.41) is 1.83. The molecule has 0 bridgehead atoms. The molecule has 16 heavy (non-hydrogen) atoms. The number of carbonyl (C=O) groups excluding carboxylic acids is 1. The molecule has 0 radical (unpaired) electrons. The summed E-state index contributed by atoms with van der Waals surface area (Å²) >= 11 is 0. The fraction of sp³-hybridized carbons (Fsp3) is 0.222. The minimum Gasteiger partial charge on any atom is -0.448 e. The number of hydrogen-bond donors (Lipinski definition) is 1. The summed E-state index contributed by atoms with van der Waals surface area (Å²) in [6.45, 7) is -4.95. The zero-order valence-electron chi connectivity index (χ0n) is 8.92. The van der Waals surface area contributed by atoms with Gasteiger partial charge in [0, 0.05) is 0 Å². The van der Waals surface area contributed by atoms with E-state index in [0.29, 0.717) is 5.56 Å². The molecule has 0 aliphatic carbocycles. The van der Waals surface area contributed by atoms with Crippen LogP contribution in [0, 0.1) is 0 Å². The largest absolute Gasteiger partial charge is 1.00 e. The Kier molecular flexibility index (Phi) is 7.58. The molecule has 0 fully saturated rings. The number of carbonyl (C=O) groups is 1. The molecule has 0 unspecified atom stereocenters. The molecule has 2 nitrogen and oxygen atoms in total. The van der Waals surface area contributed by atoms with Crippen molar-refractivity contribution in [3.63, 3.8) is 0 Å². The second-order valence-electron chi connectivity index (χ2n) is 3.18. The number of nitrogens with one attached hydrogen (secondary N) is 1. The molecule has 1 amide bonds. The maximum Gasteiger partial charge on any atom is 1.00 e. The molecule has 82 valence electrons. The second kappa shape index (κ2) is 7.50. The van der Waals surface area contributed by atoms with Crippen LogP contribution in [0.3, 0.4) is 0 Å². The van der Waals surface area contributed by atoms with Gasteiger partial charge in [0.15, 0.2) is 0 Å². The summed E-state index contributed by atoms with van der Waals surface area (Å²) in [5.74, 6) is -0.611. The Balaban J connectivity index is 0.00000225. The summed E-state index contributed by atoms with van der Waals surface area (Å²) in [6, 6.07) is 8.63. The van der Waals surface area contributed by atoms with Crippen molar-refractivity contribution in [3.05, 3.63) is 35.9 Å². The Morgan fingerprint density at radius 3 is 2.25 bits per heavy atom. The minimum atomic E-state index is -4.95. The molecule has 0 aromatic heterocycles. The monoisotopic (exact) mass is 255 g/mol. The minimum absolute atomic E-state index is 0. The molecule has 0 spiro atoms. The fourth-order valence-electron chi connectivity index (χ4n) is 1.07. The normalized spacial score (nSPS) is 10.4. The summed E-state index contributed by atoms with van der Waals surface area (Å²) in [4.78, 5) is 11.1. The van der Waals surface area contributed by atoms with E-state index in [-0.39, 0.29) is 57.8 Å². The van der Waals surface area contributed by atoms with E-state index in [4.69, 9.17) is 0 Å². The smallest absolute Gasteiger partial charge is 0.448 e. The Morgan fingerprint density at radius 2 is 1.75 bits per heavy atom. The van der Waals surface area contributed by atoms with Gasteiger partial charge in [-0.3, -0.25) is 4.79 Å². The molecule has 1 N–H and O–H groups in total. The van der Waals surface area contributed by atoms with Crippen molar-refractivity contribution < 1.29 is 69.1 Å². The predicted molar refractivity (Wildman–Crippen MR) is 52.2 cm³/mol. The maximum atomic E-state index is 11.8. The SMILES string of the molecule is O=C(Cc1ccccc1)NC[B-](F)(F)F.[K+]. The first-order chi connectivity index (χ1) is 6.97. The van der Waals surface area contributed by atoms with Gasteiger partial charge >= 0.3 is 58.4 Å². The van der Waals surface area contributed by atoms with Gasteiger partial charge in [-0.2, -0.15) is 0 Å². The first kappa shape index (κ1) is 16.2. The van der Waals surface area contributed by atoms with Gasteiger partial charge in [-0.15, -0.1) is 0 Å². The van der Waals surface area contributed by atoms with E-state index in [1.807, 2.05) is 5.32 Å². The quantitative estimate of drug-likeness (QED) is 0.668. The Hall–Kier alpha value is 0.181. The number of rotatable bonds is 4. The zero-order valence-corrected chi connectivity index (χ0v) is 12.0. The Labute approximate surface area is 134 Å². The molecule has 7 heteroatoms. The van der Waals surface area contributed by atoms with Crippen LogP contribution in [0.4, 0.5) is 12.9 Å². The number of halogens is 3. The van der Waals surface area contributed by atoms with E-state index in [1.54, 1.807) is 30.3 Å². The third kappa shape index (κ3) is 7.45. The Bertz CT molecular complexity index is 331. The first-order valence-corrected chi connectivity index (χ1v) is 4.49. The van der Waals surface area contributed by atoms with Crippen molar-refractivity contribution in [1.29, 1.82) is 0 Å². The van der Waals surface area contributed by atoms with E-state index in [9.17, 15) is 17.7 Å².